The number of nitrogens with zero attached hydrogens (tertiary/aromatic N) is 2. The van der Waals surface area contributed by atoms with Crippen molar-refractivity contribution in [3.05, 3.63) is 23.8 Å². The number of hydrogen-bond acceptors (Lipinski definition) is 4. The number of carbonyl (C=O) groups is 1. The monoisotopic (exact) mass is 348 g/mol. The lowest BCUT2D eigenvalue weighted by molar-refractivity contribution is -0.128. The summed E-state index contributed by atoms with van der Waals surface area (Å²) in [6.45, 7) is 7.81. The predicted molar refractivity (Wildman–Crippen MR) is 97.9 cm³/mol. The van der Waals surface area contributed by atoms with Gasteiger partial charge in [0.05, 0.1) is 0 Å². The van der Waals surface area contributed by atoms with Gasteiger partial charge >= 0.3 is 0 Å². The molecule has 1 aromatic carbocycles. The Labute approximate surface area is 149 Å². The Balaban J connectivity index is 1.81. The van der Waals surface area contributed by atoms with Crippen LogP contribution in [0.5, 0.6) is 11.5 Å². The summed E-state index contributed by atoms with van der Waals surface area (Å²) in [5.74, 6) is 2.36. The molecule has 1 amide bonds. The fraction of sp³-hybridized carbons (Fsp3) is 0.556. The second kappa shape index (κ2) is 8.09. The van der Waals surface area contributed by atoms with Crippen LogP contribution >= 0.6 is 0 Å². The predicted octanol–water partition coefficient (Wildman–Crippen LogP) is 1.58. The molecule has 0 radical (unpaired) electrons. The number of aliphatic imine (C=N–C) groups is 1. The summed E-state index contributed by atoms with van der Waals surface area (Å²) in [5.41, 5.74) is 0.730. The third-order valence-electron chi connectivity index (χ3n) is 3.80. The number of ether oxygens (including phenoxy) is 2. The number of benzene rings is 1. The molecule has 0 spiro atoms. The second-order valence-electron chi connectivity index (χ2n) is 7.02. The molecular weight excluding hydrogens is 320 g/mol. The van der Waals surface area contributed by atoms with E-state index >= 15 is 0 Å². The average molecular weight is 348 g/mol. The fourth-order valence-electron chi connectivity index (χ4n) is 2.39. The smallest absolute Gasteiger partial charge is 0.231 e. The van der Waals surface area contributed by atoms with Gasteiger partial charge in [0, 0.05) is 39.1 Å². The van der Waals surface area contributed by atoms with Crippen molar-refractivity contribution in [2.75, 3.05) is 34.0 Å². The summed E-state index contributed by atoms with van der Waals surface area (Å²) < 4.78 is 10.7. The quantitative estimate of drug-likeness (QED) is 0.480. The number of nitrogens with one attached hydrogen (secondary N) is 2. The van der Waals surface area contributed by atoms with E-state index in [1.54, 1.807) is 7.05 Å². The van der Waals surface area contributed by atoms with Crippen LogP contribution in [0.3, 0.4) is 0 Å². The maximum absolute atomic E-state index is 11.8. The molecule has 1 aliphatic heterocycles. The Bertz CT molecular complexity index is 638. The number of rotatable bonds is 5. The van der Waals surface area contributed by atoms with Crippen LogP contribution in [0.25, 0.3) is 0 Å². The minimum Gasteiger partial charge on any atom is -0.454 e. The Morgan fingerprint density at radius 2 is 1.88 bits per heavy atom. The van der Waals surface area contributed by atoms with Crippen LogP contribution in [0, 0.1) is 5.41 Å². The van der Waals surface area contributed by atoms with Gasteiger partial charge in [-0.15, -0.1) is 0 Å². The van der Waals surface area contributed by atoms with Gasteiger partial charge in [0.1, 0.15) is 0 Å². The van der Waals surface area contributed by atoms with Crippen LogP contribution < -0.4 is 20.1 Å². The molecule has 0 aliphatic carbocycles. The molecule has 25 heavy (non-hydrogen) atoms. The van der Waals surface area contributed by atoms with Gasteiger partial charge < -0.3 is 25.0 Å². The van der Waals surface area contributed by atoms with Gasteiger partial charge in [0.25, 0.3) is 0 Å². The zero-order valence-corrected chi connectivity index (χ0v) is 15.7. The summed E-state index contributed by atoms with van der Waals surface area (Å²) in [6, 6.07) is 5.92. The Morgan fingerprint density at radius 3 is 2.56 bits per heavy atom. The minimum atomic E-state index is -0.377. The number of carbonyl (C=O) groups excluding carboxylic acids is 1. The van der Waals surface area contributed by atoms with Crippen molar-refractivity contribution in [3.63, 3.8) is 0 Å². The van der Waals surface area contributed by atoms with Crippen LogP contribution in [-0.4, -0.2) is 50.7 Å². The Morgan fingerprint density at radius 1 is 1.20 bits per heavy atom. The SMILES string of the molecule is CN=C(NCCNC(=O)C(C)(C)C)N(C)Cc1ccc2c(c1)OCO2. The van der Waals surface area contributed by atoms with Gasteiger partial charge in [-0.2, -0.15) is 0 Å². The first-order valence-electron chi connectivity index (χ1n) is 8.40. The minimum absolute atomic E-state index is 0.0398. The lowest BCUT2D eigenvalue weighted by atomic mass is 9.96. The van der Waals surface area contributed by atoms with Gasteiger partial charge in [0.15, 0.2) is 17.5 Å². The number of guanidine groups is 1. The van der Waals surface area contributed by atoms with E-state index in [1.165, 1.54) is 0 Å². The fourth-order valence-corrected chi connectivity index (χ4v) is 2.39. The summed E-state index contributed by atoms with van der Waals surface area (Å²) in [6.07, 6.45) is 0. The van der Waals surface area contributed by atoms with E-state index in [2.05, 4.69) is 15.6 Å². The van der Waals surface area contributed by atoms with E-state index in [-0.39, 0.29) is 18.1 Å². The van der Waals surface area contributed by atoms with Crippen LogP contribution in [0.15, 0.2) is 23.2 Å². The zero-order valence-electron chi connectivity index (χ0n) is 15.7. The molecular formula is C18H28N4O3. The Kier molecular flexibility index (Phi) is 6.12. The van der Waals surface area contributed by atoms with Gasteiger partial charge in [-0.05, 0) is 17.7 Å². The molecule has 0 aromatic heterocycles. The summed E-state index contributed by atoms with van der Waals surface area (Å²) in [7, 11) is 3.71. The molecule has 0 atom stereocenters. The molecule has 0 bridgehead atoms. The van der Waals surface area contributed by atoms with Gasteiger partial charge in [0.2, 0.25) is 12.7 Å². The highest BCUT2D eigenvalue weighted by Gasteiger charge is 2.20. The number of fused-ring (bicyclic) bond motifs is 1. The topological polar surface area (TPSA) is 75.2 Å². The van der Waals surface area contributed by atoms with Gasteiger partial charge in [-0.3, -0.25) is 9.79 Å². The molecule has 0 fully saturated rings. The molecule has 2 rings (SSSR count). The standard InChI is InChI=1S/C18H28N4O3/c1-18(2,3)16(23)20-8-9-21-17(19-4)22(5)11-13-6-7-14-15(10-13)25-12-24-14/h6-7,10H,8-9,11-12H2,1-5H3,(H,19,21)(H,20,23). The first kappa shape index (κ1) is 18.9. The van der Waals surface area contributed by atoms with Crippen LogP contribution in [0.1, 0.15) is 26.3 Å². The molecule has 2 N–H and O–H groups in total. The molecule has 1 aromatic rings. The lowest BCUT2D eigenvalue weighted by Crippen LogP contribution is -2.43. The van der Waals surface area contributed by atoms with E-state index < -0.39 is 0 Å². The Hall–Kier alpha value is -2.44. The molecule has 0 unspecified atom stereocenters. The first-order chi connectivity index (χ1) is 11.8. The van der Waals surface area contributed by atoms with E-state index in [0.29, 0.717) is 19.6 Å². The molecule has 138 valence electrons. The molecule has 0 saturated carbocycles. The van der Waals surface area contributed by atoms with Crippen molar-refractivity contribution in [3.8, 4) is 11.5 Å². The van der Waals surface area contributed by atoms with Crippen molar-refractivity contribution in [1.82, 2.24) is 15.5 Å². The van der Waals surface area contributed by atoms with Crippen LogP contribution in [0.4, 0.5) is 0 Å². The lowest BCUT2D eigenvalue weighted by Gasteiger charge is -2.23. The summed E-state index contributed by atoms with van der Waals surface area (Å²) in [5, 5.41) is 6.17. The highest BCUT2D eigenvalue weighted by atomic mass is 16.7. The average Bonchev–Trinajstić information content (AvgIpc) is 3.01. The van der Waals surface area contributed by atoms with Gasteiger partial charge in [-0.25, -0.2) is 0 Å². The molecule has 1 aliphatic rings. The molecule has 7 heteroatoms. The van der Waals surface area contributed by atoms with E-state index in [9.17, 15) is 4.79 Å². The van der Waals surface area contributed by atoms with Crippen LogP contribution in [0.2, 0.25) is 0 Å². The second-order valence-corrected chi connectivity index (χ2v) is 7.02. The third-order valence-corrected chi connectivity index (χ3v) is 3.80. The summed E-state index contributed by atoms with van der Waals surface area (Å²) in [4.78, 5) is 18.1. The molecule has 0 saturated heterocycles. The number of amides is 1. The van der Waals surface area contributed by atoms with E-state index in [4.69, 9.17) is 9.47 Å². The van der Waals surface area contributed by atoms with Crippen molar-refractivity contribution in [1.29, 1.82) is 0 Å². The first-order valence-corrected chi connectivity index (χ1v) is 8.40. The molecule has 1 heterocycles. The molecule has 7 nitrogen and oxygen atoms in total. The maximum atomic E-state index is 11.8. The van der Waals surface area contributed by atoms with Crippen molar-refractivity contribution < 1.29 is 14.3 Å². The highest BCUT2D eigenvalue weighted by Crippen LogP contribution is 2.32. The van der Waals surface area contributed by atoms with Crippen LogP contribution in [-0.2, 0) is 11.3 Å². The largest absolute Gasteiger partial charge is 0.454 e. The van der Waals surface area contributed by atoms with Crippen molar-refractivity contribution >= 4 is 11.9 Å². The highest BCUT2D eigenvalue weighted by molar-refractivity contribution is 5.81. The zero-order chi connectivity index (χ0) is 18.4. The normalized spacial score (nSPS) is 13.6. The van der Waals surface area contributed by atoms with Crippen molar-refractivity contribution in [2.45, 2.75) is 27.3 Å². The maximum Gasteiger partial charge on any atom is 0.231 e. The van der Waals surface area contributed by atoms with E-state index in [1.807, 2.05) is 50.9 Å². The number of hydrogen-bond donors (Lipinski definition) is 2. The third kappa shape index (κ3) is 5.27. The van der Waals surface area contributed by atoms with E-state index in [0.717, 1.165) is 23.0 Å². The summed E-state index contributed by atoms with van der Waals surface area (Å²) >= 11 is 0. The van der Waals surface area contributed by atoms with Gasteiger partial charge in [-0.1, -0.05) is 26.8 Å². The van der Waals surface area contributed by atoms with Crippen molar-refractivity contribution in [2.24, 2.45) is 10.4 Å².